The zero-order chi connectivity index (χ0) is 12.8. The van der Waals surface area contributed by atoms with Crippen LogP contribution in [0.5, 0.6) is 0 Å². The molecule has 1 aromatic carbocycles. The highest BCUT2D eigenvalue weighted by Gasteiger charge is 2.17. The number of halogens is 1. The molecule has 2 aromatic rings. The van der Waals surface area contributed by atoms with Crippen LogP contribution in [0.1, 0.15) is 0 Å². The number of hydrogen-bond acceptors (Lipinski definition) is 2. The Morgan fingerprint density at radius 3 is 2.59 bits per heavy atom. The first-order valence-corrected chi connectivity index (χ1v) is 7.46. The number of rotatable bonds is 1. The Bertz CT molecular complexity index is 643. The van der Waals surface area contributed by atoms with Crippen molar-refractivity contribution in [1.29, 1.82) is 0 Å². The Morgan fingerprint density at radius 2 is 2.00 bits per heavy atom. The van der Waals surface area contributed by atoms with Crippen LogP contribution in [-0.2, 0) is 7.05 Å². The van der Waals surface area contributed by atoms with E-state index in [-0.39, 0.29) is 11.2 Å². The van der Waals surface area contributed by atoms with Gasteiger partial charge in [0, 0.05) is 18.6 Å². The molecule has 0 fully saturated rings. The van der Waals surface area contributed by atoms with Crippen molar-refractivity contribution in [3.63, 3.8) is 0 Å². The summed E-state index contributed by atoms with van der Waals surface area (Å²) in [5, 5.41) is 0.432. The van der Waals surface area contributed by atoms with E-state index in [9.17, 15) is 13.7 Å². The van der Waals surface area contributed by atoms with Gasteiger partial charge < -0.3 is 9.12 Å². The monoisotopic (exact) mass is 255 g/mol. The van der Waals surface area contributed by atoms with Crippen molar-refractivity contribution in [2.45, 2.75) is 4.90 Å². The summed E-state index contributed by atoms with van der Waals surface area (Å²) in [6.07, 6.45) is 4.86. The highest BCUT2D eigenvalue weighted by molar-refractivity contribution is 8.28. The van der Waals surface area contributed by atoms with Crippen LogP contribution >= 0.6 is 10.3 Å². The Hall–Kier alpha value is -1.33. The van der Waals surface area contributed by atoms with Crippen molar-refractivity contribution in [1.82, 2.24) is 4.57 Å². The maximum atomic E-state index is 13.1. The van der Waals surface area contributed by atoms with Crippen LogP contribution in [0.2, 0.25) is 0 Å². The highest BCUT2D eigenvalue weighted by Crippen LogP contribution is 2.42. The van der Waals surface area contributed by atoms with Gasteiger partial charge >= 0.3 is 0 Å². The minimum absolute atomic E-state index is 0.222. The Labute approximate surface area is 100 Å². The molecule has 17 heavy (non-hydrogen) atoms. The van der Waals surface area contributed by atoms with Crippen molar-refractivity contribution < 1.29 is 8.94 Å². The summed E-state index contributed by atoms with van der Waals surface area (Å²) >= 11 is 0. The van der Waals surface area contributed by atoms with E-state index in [1.165, 1.54) is 18.2 Å². The number of fused-ring (bicyclic) bond motifs is 1. The molecule has 92 valence electrons. The smallest absolute Gasteiger partial charge is 0.203 e. The molecule has 0 saturated carbocycles. The summed E-state index contributed by atoms with van der Waals surface area (Å²) in [7, 11) is -0.353. The lowest BCUT2D eigenvalue weighted by Gasteiger charge is -2.24. The molecule has 0 unspecified atom stereocenters. The van der Waals surface area contributed by atoms with Gasteiger partial charge in [-0.25, -0.2) is 4.39 Å². The fraction of sp³-hybridized carbons (Fsp3) is 0.250. The van der Waals surface area contributed by atoms with Crippen molar-refractivity contribution in [2.24, 2.45) is 7.05 Å². The molecule has 1 aromatic heterocycles. The van der Waals surface area contributed by atoms with Gasteiger partial charge in [0.05, 0.1) is 10.4 Å². The van der Waals surface area contributed by atoms with Crippen LogP contribution in [-0.4, -0.2) is 21.6 Å². The van der Waals surface area contributed by atoms with Gasteiger partial charge in [-0.05, 0) is 30.7 Å². The zero-order valence-corrected chi connectivity index (χ0v) is 10.7. The molecular weight excluding hydrogens is 241 g/mol. The van der Waals surface area contributed by atoms with Gasteiger partial charge in [-0.15, -0.1) is 10.3 Å². The highest BCUT2D eigenvalue weighted by atomic mass is 32.3. The topological polar surface area (TPSA) is 42.2 Å². The van der Waals surface area contributed by atoms with E-state index in [0.29, 0.717) is 15.8 Å². The third-order valence-electron chi connectivity index (χ3n) is 2.66. The maximum absolute atomic E-state index is 13.1. The second-order valence-electron chi connectivity index (χ2n) is 4.37. The van der Waals surface area contributed by atoms with Crippen molar-refractivity contribution >= 4 is 21.2 Å². The lowest BCUT2D eigenvalue weighted by Crippen LogP contribution is -2.15. The van der Waals surface area contributed by atoms with E-state index >= 15 is 0 Å². The molecular formula is C12H14FNO2S. The van der Waals surface area contributed by atoms with Gasteiger partial charge in [0.1, 0.15) is 5.82 Å². The van der Waals surface area contributed by atoms with Crippen molar-refractivity contribution in [3.8, 4) is 0 Å². The zero-order valence-electron chi connectivity index (χ0n) is 9.90. The van der Waals surface area contributed by atoms with E-state index in [0.717, 1.165) is 0 Å². The van der Waals surface area contributed by atoms with Gasteiger partial charge in [-0.2, -0.15) is 0 Å². The summed E-state index contributed by atoms with van der Waals surface area (Å²) in [4.78, 5) is 12.6. The molecule has 0 amide bonds. The molecule has 5 heteroatoms. The molecule has 1 heterocycles. The largest absolute Gasteiger partial charge is 0.349 e. The summed E-state index contributed by atoms with van der Waals surface area (Å²) in [5.74, 6) is -0.379. The number of nitrogens with zero attached hydrogens (tertiary/aromatic N) is 1. The Kier molecular flexibility index (Phi) is 2.75. The Balaban J connectivity index is 2.91. The predicted octanol–water partition coefficient (Wildman–Crippen LogP) is 2.57. The normalized spacial score (nSPS) is 13.0. The first-order valence-electron chi connectivity index (χ1n) is 5.05. The molecule has 0 aliphatic heterocycles. The molecule has 3 nitrogen and oxygen atoms in total. The average Bonchev–Trinajstić information content (AvgIpc) is 2.21. The van der Waals surface area contributed by atoms with Crippen LogP contribution in [0, 0.1) is 5.82 Å². The van der Waals surface area contributed by atoms with Crippen molar-refractivity contribution in [2.75, 3.05) is 12.5 Å². The maximum Gasteiger partial charge on any atom is 0.203 e. The molecule has 2 rings (SSSR count). The van der Waals surface area contributed by atoms with E-state index in [1.807, 2.05) is 0 Å². The summed E-state index contributed by atoms with van der Waals surface area (Å²) in [5.41, 5.74) is 0.308. The standard InChI is InChI=1S/C12H14FNO2S/c1-14-7-11(17(2,3)16)12(15)9-5-4-8(13)6-10(9)14/h4-7,16H,1-3H3. The van der Waals surface area contributed by atoms with E-state index in [1.54, 1.807) is 30.3 Å². The third-order valence-corrected chi connectivity index (χ3v) is 4.02. The van der Waals surface area contributed by atoms with Crippen LogP contribution in [0.25, 0.3) is 10.9 Å². The molecule has 0 aliphatic carbocycles. The lowest BCUT2D eigenvalue weighted by molar-refractivity contribution is 0.628. The second kappa shape index (κ2) is 3.85. The average molecular weight is 255 g/mol. The first kappa shape index (κ1) is 12.1. The number of pyridine rings is 1. The van der Waals surface area contributed by atoms with Crippen LogP contribution in [0.15, 0.2) is 34.1 Å². The summed E-state index contributed by atoms with van der Waals surface area (Å²) in [6.45, 7) is 0. The van der Waals surface area contributed by atoms with Gasteiger partial charge in [0.15, 0.2) is 0 Å². The molecule has 0 radical (unpaired) electrons. The van der Waals surface area contributed by atoms with Gasteiger partial charge in [0.25, 0.3) is 0 Å². The molecule has 0 saturated heterocycles. The van der Waals surface area contributed by atoms with E-state index in [4.69, 9.17) is 0 Å². The predicted molar refractivity (Wildman–Crippen MR) is 69.5 cm³/mol. The Morgan fingerprint density at radius 1 is 1.35 bits per heavy atom. The SMILES string of the molecule is Cn1cc(S(C)(C)O)c(=O)c2ccc(F)cc21. The quantitative estimate of drug-likeness (QED) is 0.851. The summed E-state index contributed by atoms with van der Waals surface area (Å²) < 4.78 is 24.8. The molecule has 0 aliphatic rings. The molecule has 0 spiro atoms. The van der Waals surface area contributed by atoms with Gasteiger partial charge in [0.2, 0.25) is 5.43 Å². The minimum atomic E-state index is -2.08. The van der Waals surface area contributed by atoms with Crippen molar-refractivity contribution in [3.05, 3.63) is 40.4 Å². The van der Waals surface area contributed by atoms with Crippen LogP contribution in [0.4, 0.5) is 4.39 Å². The molecule has 0 bridgehead atoms. The number of hydrogen-bond donors (Lipinski definition) is 1. The van der Waals surface area contributed by atoms with E-state index < -0.39 is 10.3 Å². The third kappa shape index (κ3) is 2.08. The lowest BCUT2D eigenvalue weighted by atomic mass is 10.2. The number of aryl methyl sites for hydroxylation is 1. The second-order valence-corrected chi connectivity index (χ2v) is 7.35. The van der Waals surface area contributed by atoms with Gasteiger partial charge in [-0.3, -0.25) is 4.79 Å². The fourth-order valence-corrected chi connectivity index (χ4v) is 2.76. The molecule has 0 atom stereocenters. The van der Waals surface area contributed by atoms with Crippen LogP contribution in [0.3, 0.4) is 0 Å². The fourth-order valence-electron chi connectivity index (χ4n) is 1.78. The van der Waals surface area contributed by atoms with Gasteiger partial charge in [-0.1, -0.05) is 0 Å². The van der Waals surface area contributed by atoms with Crippen LogP contribution < -0.4 is 5.43 Å². The first-order chi connectivity index (χ1) is 7.80. The number of aromatic nitrogens is 1. The number of benzene rings is 1. The minimum Gasteiger partial charge on any atom is -0.349 e. The molecule has 1 N–H and O–H groups in total. The summed E-state index contributed by atoms with van der Waals surface area (Å²) in [6, 6.07) is 4.04. The van der Waals surface area contributed by atoms with E-state index in [2.05, 4.69) is 0 Å².